The minimum atomic E-state index is -1.12. The van der Waals surface area contributed by atoms with E-state index in [1.54, 1.807) is 12.1 Å². The van der Waals surface area contributed by atoms with Crippen LogP contribution in [-0.2, 0) is 0 Å². The van der Waals surface area contributed by atoms with E-state index in [9.17, 15) is 14.4 Å². The minimum absolute atomic E-state index is 0.00767. The molecule has 4 rings (SSSR count). The third-order valence-corrected chi connectivity index (χ3v) is 4.97. The van der Waals surface area contributed by atoms with Gasteiger partial charge in [-0.1, -0.05) is 0 Å². The number of carboxylic acid groups (broad SMARTS) is 1. The zero-order valence-electron chi connectivity index (χ0n) is 13.6. The Morgan fingerprint density at radius 1 is 0.800 bits per heavy atom. The molecular formula is C20H17NO4. The van der Waals surface area contributed by atoms with Crippen molar-refractivity contribution >= 4 is 23.2 Å². The summed E-state index contributed by atoms with van der Waals surface area (Å²) in [6.45, 7) is 1.92. The van der Waals surface area contributed by atoms with Crippen LogP contribution in [0.1, 0.15) is 61.5 Å². The van der Waals surface area contributed by atoms with Crippen LogP contribution in [0.25, 0.3) is 0 Å². The molecule has 2 aromatic carbocycles. The summed E-state index contributed by atoms with van der Waals surface area (Å²) < 4.78 is 0. The average Bonchev–Trinajstić information content (AvgIpc) is 2.66. The summed E-state index contributed by atoms with van der Waals surface area (Å²) in [5.41, 5.74) is 2.17. The Bertz CT molecular complexity index is 910. The number of fused-ring (bicyclic) bond motifs is 2. The number of rotatable bonds is 2. The molecule has 0 atom stereocenters. The van der Waals surface area contributed by atoms with Crippen molar-refractivity contribution in [1.82, 2.24) is 0 Å². The second kappa shape index (κ2) is 5.84. The van der Waals surface area contributed by atoms with Crippen molar-refractivity contribution in [3.8, 4) is 0 Å². The summed E-state index contributed by atoms with van der Waals surface area (Å²) in [5, 5.41) is 9.11. The van der Waals surface area contributed by atoms with Gasteiger partial charge >= 0.3 is 5.97 Å². The van der Waals surface area contributed by atoms with Gasteiger partial charge in [-0.3, -0.25) is 9.59 Å². The van der Waals surface area contributed by atoms with Crippen molar-refractivity contribution in [1.29, 1.82) is 0 Å². The number of nitrogens with zero attached hydrogens (tertiary/aromatic N) is 1. The van der Waals surface area contributed by atoms with E-state index in [0.29, 0.717) is 11.1 Å². The molecule has 5 heteroatoms. The number of aromatic carboxylic acids is 1. The summed E-state index contributed by atoms with van der Waals surface area (Å²) in [5.74, 6) is -1.63. The Hall–Kier alpha value is -2.95. The molecule has 0 spiro atoms. The molecule has 0 bridgehead atoms. The molecule has 0 amide bonds. The Labute approximate surface area is 144 Å². The first-order valence-corrected chi connectivity index (χ1v) is 8.42. The molecule has 1 N–H and O–H groups in total. The molecule has 0 saturated carbocycles. The quantitative estimate of drug-likeness (QED) is 0.779. The van der Waals surface area contributed by atoms with Gasteiger partial charge in [-0.15, -0.1) is 0 Å². The summed E-state index contributed by atoms with van der Waals surface area (Å²) in [7, 11) is 0. The number of hydrogen-bond donors (Lipinski definition) is 1. The number of benzene rings is 2. The van der Waals surface area contributed by atoms with Gasteiger partial charge in [0.2, 0.25) is 0 Å². The maximum absolute atomic E-state index is 12.9. The lowest BCUT2D eigenvalue weighted by Crippen LogP contribution is -2.30. The second-order valence-corrected chi connectivity index (χ2v) is 6.50. The number of carbonyl (C=O) groups is 3. The number of hydrogen-bond acceptors (Lipinski definition) is 4. The smallest absolute Gasteiger partial charge is 0.335 e. The molecule has 1 aliphatic carbocycles. The maximum Gasteiger partial charge on any atom is 0.335 e. The molecule has 1 fully saturated rings. The molecule has 5 nitrogen and oxygen atoms in total. The maximum atomic E-state index is 12.9. The van der Waals surface area contributed by atoms with E-state index in [4.69, 9.17) is 5.11 Å². The van der Waals surface area contributed by atoms with Crippen LogP contribution in [0, 0.1) is 0 Å². The van der Waals surface area contributed by atoms with E-state index >= 15 is 0 Å². The molecule has 0 aromatic heterocycles. The van der Waals surface area contributed by atoms with Crippen LogP contribution in [-0.4, -0.2) is 35.7 Å². The Balaban J connectivity index is 1.78. The SMILES string of the molecule is O=C(O)c1ccc2c(c1)C(=O)c1ccc(N3CCCCC3)cc1C2=O. The largest absolute Gasteiger partial charge is 0.478 e. The van der Waals surface area contributed by atoms with Gasteiger partial charge in [-0.05, 0) is 55.7 Å². The highest BCUT2D eigenvalue weighted by Gasteiger charge is 2.31. The molecule has 126 valence electrons. The van der Waals surface area contributed by atoms with Crippen LogP contribution in [0.15, 0.2) is 36.4 Å². The first kappa shape index (κ1) is 15.6. The summed E-state index contributed by atoms with van der Waals surface area (Å²) in [6.07, 6.45) is 3.48. The van der Waals surface area contributed by atoms with E-state index in [1.807, 2.05) is 6.07 Å². The average molecular weight is 335 g/mol. The molecule has 0 unspecified atom stereocenters. The summed E-state index contributed by atoms with van der Waals surface area (Å²) in [4.78, 5) is 39.0. The summed E-state index contributed by atoms with van der Waals surface area (Å²) >= 11 is 0. The van der Waals surface area contributed by atoms with Crippen LogP contribution in [0.4, 0.5) is 5.69 Å². The second-order valence-electron chi connectivity index (χ2n) is 6.50. The van der Waals surface area contributed by atoms with E-state index in [1.165, 1.54) is 24.6 Å². The van der Waals surface area contributed by atoms with Gasteiger partial charge in [0.15, 0.2) is 11.6 Å². The highest BCUT2D eigenvalue weighted by atomic mass is 16.4. The first-order chi connectivity index (χ1) is 12.1. The van der Waals surface area contributed by atoms with Crippen molar-refractivity contribution in [2.75, 3.05) is 18.0 Å². The zero-order valence-corrected chi connectivity index (χ0v) is 13.6. The fourth-order valence-corrected chi connectivity index (χ4v) is 3.62. The first-order valence-electron chi connectivity index (χ1n) is 8.42. The van der Waals surface area contributed by atoms with E-state index < -0.39 is 5.97 Å². The van der Waals surface area contributed by atoms with Crippen LogP contribution in [0.2, 0.25) is 0 Å². The molecule has 2 aromatic rings. The third kappa shape index (κ3) is 2.52. The van der Waals surface area contributed by atoms with Crippen LogP contribution >= 0.6 is 0 Å². The molecule has 2 aliphatic rings. The topological polar surface area (TPSA) is 74.7 Å². The van der Waals surface area contributed by atoms with Crippen LogP contribution < -0.4 is 4.90 Å². The molecule has 25 heavy (non-hydrogen) atoms. The Kier molecular flexibility index (Phi) is 3.64. The Morgan fingerprint density at radius 2 is 1.40 bits per heavy atom. The standard InChI is InChI=1S/C20H17NO4/c22-18-15-7-5-13(21-8-2-1-3-9-21)11-17(15)19(23)14-6-4-12(20(24)25)10-16(14)18/h4-7,10-11H,1-3,8-9H2,(H,24,25). The number of piperidine rings is 1. The van der Waals surface area contributed by atoms with Gasteiger partial charge < -0.3 is 10.0 Å². The summed E-state index contributed by atoms with van der Waals surface area (Å²) in [6, 6.07) is 9.47. The lowest BCUT2D eigenvalue weighted by Gasteiger charge is -2.30. The number of anilines is 1. The predicted octanol–water partition coefficient (Wildman–Crippen LogP) is 3.15. The van der Waals surface area contributed by atoms with E-state index in [0.717, 1.165) is 31.6 Å². The van der Waals surface area contributed by atoms with Crippen molar-refractivity contribution in [2.24, 2.45) is 0 Å². The molecule has 1 aliphatic heterocycles. The number of carboxylic acids is 1. The Morgan fingerprint density at radius 3 is 2.04 bits per heavy atom. The fourth-order valence-electron chi connectivity index (χ4n) is 3.62. The molecule has 1 saturated heterocycles. The molecule has 0 radical (unpaired) electrons. The van der Waals surface area contributed by atoms with Crippen LogP contribution in [0.3, 0.4) is 0 Å². The van der Waals surface area contributed by atoms with Crippen molar-refractivity contribution in [3.05, 3.63) is 64.2 Å². The molecular weight excluding hydrogens is 318 g/mol. The van der Waals surface area contributed by atoms with Gasteiger partial charge in [-0.25, -0.2) is 4.79 Å². The van der Waals surface area contributed by atoms with Gasteiger partial charge in [0.05, 0.1) is 5.56 Å². The van der Waals surface area contributed by atoms with E-state index in [2.05, 4.69) is 4.90 Å². The zero-order chi connectivity index (χ0) is 17.6. The minimum Gasteiger partial charge on any atom is -0.478 e. The van der Waals surface area contributed by atoms with Crippen molar-refractivity contribution in [3.63, 3.8) is 0 Å². The van der Waals surface area contributed by atoms with Gasteiger partial charge in [0.25, 0.3) is 0 Å². The fraction of sp³-hybridized carbons (Fsp3) is 0.250. The van der Waals surface area contributed by atoms with Gasteiger partial charge in [0.1, 0.15) is 0 Å². The lowest BCUT2D eigenvalue weighted by atomic mass is 9.83. The molecule has 1 heterocycles. The predicted molar refractivity (Wildman–Crippen MR) is 92.8 cm³/mol. The normalized spacial score (nSPS) is 16.4. The lowest BCUT2D eigenvalue weighted by molar-refractivity contribution is 0.0696. The highest BCUT2D eigenvalue weighted by Crippen LogP contribution is 2.31. The monoisotopic (exact) mass is 335 g/mol. The number of ketones is 2. The van der Waals surface area contributed by atoms with Gasteiger partial charge in [-0.2, -0.15) is 0 Å². The van der Waals surface area contributed by atoms with Gasteiger partial charge in [0, 0.05) is 41.0 Å². The van der Waals surface area contributed by atoms with E-state index in [-0.39, 0.29) is 28.3 Å². The van der Waals surface area contributed by atoms with Crippen LogP contribution in [0.5, 0.6) is 0 Å². The third-order valence-electron chi connectivity index (χ3n) is 4.97. The number of carbonyl (C=O) groups excluding carboxylic acids is 2. The highest BCUT2D eigenvalue weighted by molar-refractivity contribution is 6.29. The van der Waals surface area contributed by atoms with Crippen molar-refractivity contribution < 1.29 is 19.5 Å². The van der Waals surface area contributed by atoms with Crippen molar-refractivity contribution in [2.45, 2.75) is 19.3 Å².